The smallest absolute Gasteiger partial charge is 0.373 e. The van der Waals surface area contributed by atoms with Crippen LogP contribution in [0.25, 0.3) is 0 Å². The molecular weight excluding hydrogens is 258 g/mol. The number of ether oxygens (including phenoxy) is 1. The molecule has 1 aromatic heterocycles. The number of hydrogen-bond acceptors (Lipinski definition) is 5. The molecule has 2 rings (SSSR count). The molecule has 1 fully saturated rings. The van der Waals surface area contributed by atoms with Crippen LogP contribution in [0.5, 0.6) is 0 Å². The van der Waals surface area contributed by atoms with Crippen LogP contribution in [0.15, 0.2) is 16.5 Å². The van der Waals surface area contributed by atoms with Gasteiger partial charge in [-0.3, -0.25) is 4.90 Å². The van der Waals surface area contributed by atoms with Crippen LogP contribution in [0.4, 0.5) is 0 Å². The summed E-state index contributed by atoms with van der Waals surface area (Å²) in [5.74, 6) is 0.564. The van der Waals surface area contributed by atoms with Gasteiger partial charge in [0, 0.05) is 19.2 Å². The van der Waals surface area contributed by atoms with Crippen LogP contribution in [-0.2, 0) is 4.74 Å². The molecule has 0 aromatic carbocycles. The van der Waals surface area contributed by atoms with Crippen molar-refractivity contribution in [3.63, 3.8) is 0 Å². The van der Waals surface area contributed by atoms with E-state index in [0.717, 1.165) is 18.7 Å². The van der Waals surface area contributed by atoms with Gasteiger partial charge in [0.2, 0.25) is 5.76 Å². The maximum atomic E-state index is 11.4. The normalized spacial score (nSPS) is 17.0. The maximum Gasteiger partial charge on any atom is 0.373 e. The first kappa shape index (κ1) is 15.1. The first-order valence-corrected chi connectivity index (χ1v) is 7.22. The van der Waals surface area contributed by atoms with E-state index in [2.05, 4.69) is 16.6 Å². The molecule has 20 heavy (non-hydrogen) atoms. The van der Waals surface area contributed by atoms with E-state index in [1.165, 1.54) is 26.4 Å². The van der Waals surface area contributed by atoms with Crippen molar-refractivity contribution in [3.05, 3.63) is 23.7 Å². The van der Waals surface area contributed by atoms with Gasteiger partial charge >= 0.3 is 5.97 Å². The van der Waals surface area contributed by atoms with E-state index in [9.17, 15) is 4.79 Å². The zero-order valence-electron chi connectivity index (χ0n) is 12.2. The molecule has 0 aliphatic heterocycles. The first-order chi connectivity index (χ1) is 9.67. The summed E-state index contributed by atoms with van der Waals surface area (Å²) in [7, 11) is 1.34. The van der Waals surface area contributed by atoms with Gasteiger partial charge < -0.3 is 14.3 Å². The standard InChI is InChI=1S/C15H23NO4/c1-11(13-7-8-14(20-13)15(18)19-2)16(9-4-10-17)12-5-3-6-12/h7-8,11-12,17H,3-6,9-10H2,1-2H3. The first-order valence-electron chi connectivity index (χ1n) is 7.22. The molecule has 1 N–H and O–H groups in total. The average Bonchev–Trinajstić information content (AvgIpc) is 2.89. The lowest BCUT2D eigenvalue weighted by Crippen LogP contribution is -2.42. The third kappa shape index (κ3) is 3.22. The number of carbonyl (C=O) groups is 1. The van der Waals surface area contributed by atoms with Gasteiger partial charge in [-0.1, -0.05) is 6.42 Å². The van der Waals surface area contributed by atoms with Crippen molar-refractivity contribution in [2.24, 2.45) is 0 Å². The molecular formula is C15H23NO4. The highest BCUT2D eigenvalue weighted by Crippen LogP contribution is 2.33. The van der Waals surface area contributed by atoms with E-state index in [1.807, 2.05) is 6.07 Å². The summed E-state index contributed by atoms with van der Waals surface area (Å²) in [6.07, 6.45) is 4.41. The molecule has 1 aliphatic carbocycles. The lowest BCUT2D eigenvalue weighted by atomic mass is 9.90. The van der Waals surface area contributed by atoms with Crippen LogP contribution >= 0.6 is 0 Å². The molecule has 0 bridgehead atoms. The van der Waals surface area contributed by atoms with Crippen LogP contribution < -0.4 is 0 Å². The van der Waals surface area contributed by atoms with E-state index >= 15 is 0 Å². The van der Waals surface area contributed by atoms with Crippen molar-refractivity contribution in [2.45, 2.75) is 44.7 Å². The predicted molar refractivity (Wildman–Crippen MR) is 74.5 cm³/mol. The Hall–Kier alpha value is -1.33. The molecule has 112 valence electrons. The summed E-state index contributed by atoms with van der Waals surface area (Å²) < 4.78 is 10.3. The highest BCUT2D eigenvalue weighted by molar-refractivity contribution is 5.86. The molecule has 1 heterocycles. The van der Waals surface area contributed by atoms with Crippen LogP contribution in [0.1, 0.15) is 55.0 Å². The largest absolute Gasteiger partial charge is 0.463 e. The summed E-state index contributed by atoms with van der Waals surface area (Å²) in [5.41, 5.74) is 0. The molecule has 1 aromatic rings. The number of rotatable bonds is 7. The molecule has 1 saturated carbocycles. The Morgan fingerprint density at radius 2 is 2.30 bits per heavy atom. The van der Waals surface area contributed by atoms with Crippen molar-refractivity contribution < 1.29 is 19.1 Å². The van der Waals surface area contributed by atoms with Gasteiger partial charge in [0.15, 0.2) is 0 Å². The molecule has 1 atom stereocenters. The van der Waals surface area contributed by atoms with Crippen molar-refractivity contribution in [1.29, 1.82) is 0 Å². The van der Waals surface area contributed by atoms with Crippen molar-refractivity contribution in [2.75, 3.05) is 20.3 Å². The van der Waals surface area contributed by atoms with Gasteiger partial charge in [-0.2, -0.15) is 0 Å². The number of furan rings is 1. The summed E-state index contributed by atoms with van der Waals surface area (Å²) in [4.78, 5) is 13.8. The fourth-order valence-electron chi connectivity index (χ4n) is 2.62. The third-order valence-electron chi connectivity index (χ3n) is 4.04. The highest BCUT2D eigenvalue weighted by atomic mass is 16.5. The molecule has 0 saturated heterocycles. The van der Waals surface area contributed by atoms with E-state index < -0.39 is 5.97 Å². The highest BCUT2D eigenvalue weighted by Gasteiger charge is 2.30. The molecule has 0 spiro atoms. The minimum atomic E-state index is -0.450. The third-order valence-corrected chi connectivity index (χ3v) is 4.04. The topological polar surface area (TPSA) is 62.9 Å². The number of nitrogens with zero attached hydrogens (tertiary/aromatic N) is 1. The molecule has 0 radical (unpaired) electrons. The van der Waals surface area contributed by atoms with Gasteiger partial charge in [-0.25, -0.2) is 4.79 Å². The van der Waals surface area contributed by atoms with Gasteiger partial charge in [0.1, 0.15) is 5.76 Å². The molecule has 0 amide bonds. The lowest BCUT2D eigenvalue weighted by molar-refractivity contribution is 0.0535. The fraction of sp³-hybridized carbons (Fsp3) is 0.667. The van der Waals surface area contributed by atoms with Crippen molar-refractivity contribution in [1.82, 2.24) is 4.90 Å². The Morgan fingerprint density at radius 3 is 2.85 bits per heavy atom. The summed E-state index contributed by atoms with van der Waals surface area (Å²) >= 11 is 0. The van der Waals surface area contributed by atoms with Gasteiger partial charge in [0.25, 0.3) is 0 Å². The molecule has 1 aliphatic rings. The summed E-state index contributed by atoms with van der Waals surface area (Å²) in [5, 5.41) is 9.04. The quantitative estimate of drug-likeness (QED) is 0.777. The summed E-state index contributed by atoms with van der Waals surface area (Å²) in [6.45, 7) is 3.12. The van der Waals surface area contributed by atoms with Crippen molar-refractivity contribution in [3.8, 4) is 0 Å². The number of methoxy groups -OCH3 is 1. The van der Waals surface area contributed by atoms with Gasteiger partial charge in [-0.15, -0.1) is 0 Å². The maximum absolute atomic E-state index is 11.4. The number of carbonyl (C=O) groups excluding carboxylic acids is 1. The fourth-order valence-corrected chi connectivity index (χ4v) is 2.62. The molecule has 1 unspecified atom stereocenters. The lowest BCUT2D eigenvalue weighted by Gasteiger charge is -2.40. The average molecular weight is 281 g/mol. The number of aliphatic hydroxyl groups excluding tert-OH is 1. The Morgan fingerprint density at radius 1 is 1.55 bits per heavy atom. The second-order valence-electron chi connectivity index (χ2n) is 5.27. The van der Waals surface area contributed by atoms with Crippen LogP contribution in [0.3, 0.4) is 0 Å². The van der Waals surface area contributed by atoms with Gasteiger partial charge in [0.05, 0.1) is 13.2 Å². The van der Waals surface area contributed by atoms with Crippen molar-refractivity contribution >= 4 is 5.97 Å². The van der Waals surface area contributed by atoms with Gasteiger partial charge in [-0.05, 0) is 38.3 Å². The monoisotopic (exact) mass is 281 g/mol. The van der Waals surface area contributed by atoms with E-state index in [-0.39, 0.29) is 18.4 Å². The Balaban J connectivity index is 2.07. The Kier molecular flexibility index (Phi) is 5.20. The number of esters is 1. The minimum Gasteiger partial charge on any atom is -0.463 e. The number of aliphatic hydroxyl groups is 1. The Bertz CT molecular complexity index is 439. The zero-order chi connectivity index (χ0) is 14.5. The van der Waals surface area contributed by atoms with E-state index in [1.54, 1.807) is 6.07 Å². The minimum absolute atomic E-state index is 0.102. The second-order valence-corrected chi connectivity index (χ2v) is 5.27. The van der Waals surface area contributed by atoms with E-state index in [4.69, 9.17) is 9.52 Å². The van der Waals surface area contributed by atoms with Crippen LogP contribution in [0.2, 0.25) is 0 Å². The van der Waals surface area contributed by atoms with E-state index in [0.29, 0.717) is 6.04 Å². The second kappa shape index (κ2) is 6.90. The molecule has 5 nitrogen and oxygen atoms in total. The zero-order valence-corrected chi connectivity index (χ0v) is 12.2. The van der Waals surface area contributed by atoms with Crippen LogP contribution in [0, 0.1) is 0 Å². The van der Waals surface area contributed by atoms with Crippen LogP contribution in [-0.4, -0.2) is 42.3 Å². The predicted octanol–water partition coefficient (Wildman–Crippen LogP) is 2.36. The SMILES string of the molecule is COC(=O)c1ccc(C(C)N(CCCO)C2CCC2)o1. The number of hydrogen-bond donors (Lipinski definition) is 1. The Labute approximate surface area is 119 Å². The summed E-state index contributed by atoms with van der Waals surface area (Å²) in [6, 6.07) is 4.15. The molecule has 5 heteroatoms.